The molecule has 2 aromatic rings. The van der Waals surface area contributed by atoms with E-state index in [2.05, 4.69) is 20.1 Å². The number of nitrogens with one attached hydrogen (secondary N) is 1. The molecule has 2 unspecified atom stereocenters. The van der Waals surface area contributed by atoms with Crippen molar-refractivity contribution in [1.82, 2.24) is 20.1 Å². The van der Waals surface area contributed by atoms with Crippen LogP contribution in [0.1, 0.15) is 24.7 Å². The lowest BCUT2D eigenvalue weighted by molar-refractivity contribution is -0.142. The van der Waals surface area contributed by atoms with Gasteiger partial charge in [0.1, 0.15) is 0 Å². The highest BCUT2D eigenvalue weighted by Gasteiger charge is 2.34. The maximum atomic E-state index is 11.2. The van der Waals surface area contributed by atoms with E-state index in [0.29, 0.717) is 30.4 Å². The molecule has 7 heteroatoms. The van der Waals surface area contributed by atoms with Gasteiger partial charge in [-0.05, 0) is 12.8 Å². The summed E-state index contributed by atoms with van der Waals surface area (Å²) in [7, 11) is 0. The van der Waals surface area contributed by atoms with Gasteiger partial charge in [-0.15, -0.1) is 0 Å². The fourth-order valence-electron chi connectivity index (χ4n) is 2.23. The van der Waals surface area contributed by atoms with Crippen LogP contribution < -0.4 is 0 Å². The normalized spacial score (nSPS) is 22.5. The summed E-state index contributed by atoms with van der Waals surface area (Å²) in [5, 5.41) is 13.0. The number of imidazole rings is 1. The lowest BCUT2D eigenvalue weighted by atomic mass is 9.83. The molecule has 0 bridgehead atoms. The molecule has 3 rings (SSSR count). The summed E-state index contributed by atoms with van der Waals surface area (Å²) < 4.78 is 5.19. The van der Waals surface area contributed by atoms with Crippen molar-refractivity contribution in [3.63, 3.8) is 0 Å². The zero-order valence-electron chi connectivity index (χ0n) is 9.98. The van der Waals surface area contributed by atoms with E-state index in [1.54, 1.807) is 12.4 Å². The number of hydrogen-bond donors (Lipinski definition) is 2. The third-order valence-corrected chi connectivity index (χ3v) is 3.22. The van der Waals surface area contributed by atoms with Gasteiger partial charge in [-0.2, -0.15) is 4.98 Å². The Hall–Kier alpha value is -2.44. The fraction of sp³-hybridized carbons (Fsp3) is 0.333. The van der Waals surface area contributed by atoms with Crippen LogP contribution in [0, 0.1) is 5.92 Å². The van der Waals surface area contributed by atoms with E-state index in [-0.39, 0.29) is 5.92 Å². The van der Waals surface area contributed by atoms with Gasteiger partial charge in [-0.3, -0.25) is 4.79 Å². The van der Waals surface area contributed by atoms with Crippen LogP contribution >= 0.6 is 0 Å². The second-order valence-electron chi connectivity index (χ2n) is 4.39. The van der Waals surface area contributed by atoms with E-state index in [1.165, 1.54) is 0 Å². The van der Waals surface area contributed by atoms with Gasteiger partial charge in [0.05, 0.1) is 11.8 Å². The maximum Gasteiger partial charge on any atom is 0.307 e. The Bertz CT molecular complexity index is 602. The molecule has 19 heavy (non-hydrogen) atoms. The van der Waals surface area contributed by atoms with Crippen molar-refractivity contribution in [3.8, 4) is 11.6 Å². The average molecular weight is 260 g/mol. The molecule has 0 aromatic carbocycles. The highest BCUT2D eigenvalue weighted by atomic mass is 16.5. The minimum atomic E-state index is -0.841. The third-order valence-electron chi connectivity index (χ3n) is 3.22. The molecule has 2 atom stereocenters. The molecule has 2 heterocycles. The van der Waals surface area contributed by atoms with E-state index in [1.807, 2.05) is 12.2 Å². The van der Waals surface area contributed by atoms with Crippen molar-refractivity contribution < 1.29 is 14.4 Å². The van der Waals surface area contributed by atoms with Crippen molar-refractivity contribution in [2.24, 2.45) is 5.92 Å². The number of rotatable bonds is 3. The monoisotopic (exact) mass is 260 g/mol. The van der Waals surface area contributed by atoms with Crippen molar-refractivity contribution >= 4 is 5.97 Å². The second kappa shape index (κ2) is 4.68. The molecule has 2 N–H and O–H groups in total. The van der Waals surface area contributed by atoms with Crippen LogP contribution in [0.25, 0.3) is 11.6 Å². The fourth-order valence-corrected chi connectivity index (χ4v) is 2.23. The molecular formula is C12H12N4O3. The predicted molar refractivity (Wildman–Crippen MR) is 64.1 cm³/mol. The lowest BCUT2D eigenvalue weighted by Gasteiger charge is -2.21. The highest BCUT2D eigenvalue weighted by Crippen LogP contribution is 2.34. The van der Waals surface area contributed by atoms with Gasteiger partial charge in [0.25, 0.3) is 0 Å². The number of aromatic amines is 1. The van der Waals surface area contributed by atoms with Crippen LogP contribution in [0.5, 0.6) is 0 Å². The number of carboxylic acid groups (broad SMARTS) is 1. The van der Waals surface area contributed by atoms with Crippen LogP contribution in [-0.4, -0.2) is 31.2 Å². The summed E-state index contributed by atoms with van der Waals surface area (Å²) in [5.41, 5.74) is 0. The molecular weight excluding hydrogens is 248 g/mol. The smallest absolute Gasteiger partial charge is 0.307 e. The zero-order chi connectivity index (χ0) is 13.2. The van der Waals surface area contributed by atoms with Gasteiger partial charge >= 0.3 is 5.97 Å². The van der Waals surface area contributed by atoms with Gasteiger partial charge in [-0.25, -0.2) is 4.98 Å². The minimum Gasteiger partial charge on any atom is -0.481 e. The van der Waals surface area contributed by atoms with E-state index < -0.39 is 11.9 Å². The molecule has 7 nitrogen and oxygen atoms in total. The van der Waals surface area contributed by atoms with Crippen molar-refractivity contribution in [2.45, 2.75) is 18.8 Å². The summed E-state index contributed by atoms with van der Waals surface area (Å²) in [6, 6.07) is 0. The Balaban J connectivity index is 1.89. The molecule has 0 spiro atoms. The molecule has 0 aliphatic heterocycles. The van der Waals surface area contributed by atoms with E-state index in [9.17, 15) is 9.90 Å². The predicted octanol–water partition coefficient (Wildman–Crippen LogP) is 1.59. The van der Waals surface area contributed by atoms with Crippen molar-refractivity contribution in [3.05, 3.63) is 30.4 Å². The Morgan fingerprint density at radius 3 is 3.00 bits per heavy atom. The first-order chi connectivity index (χ1) is 9.25. The number of nitrogens with zero attached hydrogens (tertiary/aromatic N) is 3. The number of H-pyrrole nitrogens is 1. The van der Waals surface area contributed by atoms with Crippen LogP contribution in [0.3, 0.4) is 0 Å². The minimum absolute atomic E-state index is 0.279. The zero-order valence-corrected chi connectivity index (χ0v) is 9.98. The summed E-state index contributed by atoms with van der Waals surface area (Å²) in [5.74, 6) is -0.434. The van der Waals surface area contributed by atoms with Gasteiger partial charge < -0.3 is 14.6 Å². The summed E-state index contributed by atoms with van der Waals surface area (Å²) >= 11 is 0. The average Bonchev–Trinajstić information content (AvgIpc) is 3.09. The molecule has 0 radical (unpaired) electrons. The van der Waals surface area contributed by atoms with Gasteiger partial charge in [0, 0.05) is 12.4 Å². The van der Waals surface area contributed by atoms with Crippen LogP contribution in [-0.2, 0) is 4.79 Å². The molecule has 1 aliphatic carbocycles. The Labute approximate surface area is 108 Å². The number of allylic oxidation sites excluding steroid dienone is 2. The summed E-state index contributed by atoms with van der Waals surface area (Å²) in [4.78, 5) is 22.4. The molecule has 0 saturated carbocycles. The molecule has 98 valence electrons. The molecule has 2 aromatic heterocycles. The van der Waals surface area contributed by atoms with E-state index in [4.69, 9.17) is 4.52 Å². The lowest BCUT2D eigenvalue weighted by Crippen LogP contribution is -2.23. The number of aliphatic carboxylic acids is 1. The molecule has 0 fully saturated rings. The highest BCUT2D eigenvalue weighted by molar-refractivity contribution is 5.71. The number of carbonyl (C=O) groups is 1. The number of aromatic nitrogens is 4. The summed E-state index contributed by atoms with van der Waals surface area (Å²) in [6.07, 6.45) is 8.15. The van der Waals surface area contributed by atoms with E-state index >= 15 is 0 Å². The first-order valence-corrected chi connectivity index (χ1v) is 5.97. The summed E-state index contributed by atoms with van der Waals surface area (Å²) in [6.45, 7) is 0. The van der Waals surface area contributed by atoms with Gasteiger partial charge in [0.15, 0.2) is 5.82 Å². The topological polar surface area (TPSA) is 105 Å². The van der Waals surface area contributed by atoms with Gasteiger partial charge in [0.2, 0.25) is 11.7 Å². The van der Waals surface area contributed by atoms with Crippen LogP contribution in [0.2, 0.25) is 0 Å². The molecule has 0 saturated heterocycles. The largest absolute Gasteiger partial charge is 0.481 e. The Morgan fingerprint density at radius 2 is 2.26 bits per heavy atom. The second-order valence-corrected chi connectivity index (χ2v) is 4.39. The quantitative estimate of drug-likeness (QED) is 0.812. The van der Waals surface area contributed by atoms with Crippen molar-refractivity contribution in [1.29, 1.82) is 0 Å². The van der Waals surface area contributed by atoms with Gasteiger partial charge in [-0.1, -0.05) is 17.3 Å². The maximum absolute atomic E-state index is 11.2. The molecule has 1 aliphatic rings. The first kappa shape index (κ1) is 11.6. The van der Waals surface area contributed by atoms with Crippen molar-refractivity contribution in [2.75, 3.05) is 0 Å². The molecule has 0 amide bonds. The Morgan fingerprint density at radius 1 is 1.42 bits per heavy atom. The van der Waals surface area contributed by atoms with Crippen LogP contribution in [0.15, 0.2) is 29.1 Å². The SMILES string of the molecule is O=C(O)C1CC=CCC1c1nc(-c2ncc[nH]2)no1. The Kier molecular flexibility index (Phi) is 2.86. The standard InChI is InChI=1S/C12H12N4O3/c17-12(18)8-4-2-1-3-7(8)11-15-10(16-19-11)9-13-5-6-14-9/h1-2,5-8H,3-4H2,(H,13,14)(H,17,18). The first-order valence-electron chi connectivity index (χ1n) is 5.97. The number of hydrogen-bond acceptors (Lipinski definition) is 5. The number of carboxylic acids is 1. The van der Waals surface area contributed by atoms with E-state index in [0.717, 1.165) is 0 Å². The van der Waals surface area contributed by atoms with Crippen LogP contribution in [0.4, 0.5) is 0 Å². The third kappa shape index (κ3) is 2.14.